The molecule has 1 aliphatic rings. The number of rotatable bonds is 6. The van der Waals surface area contributed by atoms with Crippen LogP contribution in [0.25, 0.3) is 0 Å². The van der Waals surface area contributed by atoms with Crippen molar-refractivity contribution in [3.63, 3.8) is 0 Å². The molecule has 1 atom stereocenters. The Morgan fingerprint density at radius 2 is 1.95 bits per heavy atom. The lowest BCUT2D eigenvalue weighted by atomic mass is 10.2. The normalized spacial score (nSPS) is 19.3. The van der Waals surface area contributed by atoms with Gasteiger partial charge < -0.3 is 9.47 Å². The van der Waals surface area contributed by atoms with Gasteiger partial charge in [-0.25, -0.2) is 14.5 Å². The molecule has 1 fully saturated rings. The fourth-order valence-corrected chi connectivity index (χ4v) is 3.82. The molecule has 7 nitrogen and oxygen atoms in total. The van der Waals surface area contributed by atoms with Gasteiger partial charge in [-0.2, -0.15) is 5.10 Å². The second-order valence-electron chi connectivity index (χ2n) is 5.09. The molecule has 1 heterocycles. The summed E-state index contributed by atoms with van der Waals surface area (Å²) < 4.78 is 27.1. The van der Waals surface area contributed by atoms with Crippen LogP contribution in [0.2, 0.25) is 0 Å². The van der Waals surface area contributed by atoms with Crippen LogP contribution in [0, 0.1) is 0 Å². The molecule has 1 unspecified atom stereocenters. The quantitative estimate of drug-likeness (QED) is 0.487. The molecule has 2 rings (SSSR count). The molecule has 0 radical (unpaired) electrons. The van der Waals surface area contributed by atoms with E-state index in [1.54, 1.807) is 32.1 Å². The second-order valence-corrected chi connectivity index (χ2v) is 7.74. The van der Waals surface area contributed by atoms with Gasteiger partial charge in [0.15, 0.2) is 0 Å². The number of morpholine rings is 1. The average molecular weight is 326 g/mol. The molecule has 8 heteroatoms. The highest BCUT2D eigenvalue weighted by molar-refractivity contribution is 7.56. The maximum Gasteiger partial charge on any atom is 0.323 e. The van der Waals surface area contributed by atoms with E-state index in [0.717, 1.165) is 11.3 Å². The summed E-state index contributed by atoms with van der Waals surface area (Å²) in [5.41, 5.74) is 0.903. The van der Waals surface area contributed by atoms with Crippen molar-refractivity contribution in [3.8, 4) is 5.75 Å². The molecule has 1 N–H and O–H groups in total. The molecule has 0 aliphatic carbocycles. The summed E-state index contributed by atoms with van der Waals surface area (Å²) in [5, 5.41) is 6.99. The number of nitrogens with zero attached hydrogens (tertiary/aromatic N) is 3. The number of nitrogens with one attached hydrogen (secondary N) is 1. The van der Waals surface area contributed by atoms with E-state index in [-0.39, 0.29) is 0 Å². The van der Waals surface area contributed by atoms with Crippen molar-refractivity contribution in [3.05, 3.63) is 29.8 Å². The summed E-state index contributed by atoms with van der Waals surface area (Å²) in [7, 11) is 2.29. The van der Waals surface area contributed by atoms with Crippen molar-refractivity contribution in [1.82, 2.24) is 14.5 Å². The SMILES string of the molecule is COc1ccc(/C=N/NP(=O)(N(C)C)N2CCOCC2)cc1. The van der Waals surface area contributed by atoms with Crippen molar-refractivity contribution >= 4 is 13.8 Å². The minimum absolute atomic E-state index is 0.585. The standard InChI is InChI=1S/C14H23N4O3P/c1-17(2)22(19,18-8-10-21-11-9-18)16-15-12-13-4-6-14(20-3)7-5-13/h4-7,12H,8-11H2,1-3H3,(H,16,19)/b15-12+. The lowest BCUT2D eigenvalue weighted by Gasteiger charge is -2.36. The predicted molar refractivity (Wildman–Crippen MR) is 87.4 cm³/mol. The summed E-state index contributed by atoms with van der Waals surface area (Å²) in [5.74, 6) is 0.789. The second kappa shape index (κ2) is 7.74. The summed E-state index contributed by atoms with van der Waals surface area (Å²) >= 11 is 0. The van der Waals surface area contributed by atoms with Crippen LogP contribution in [-0.4, -0.2) is 63.1 Å². The maximum absolute atomic E-state index is 13.1. The third-order valence-electron chi connectivity index (χ3n) is 3.43. The smallest absolute Gasteiger partial charge is 0.323 e. The Balaban J connectivity index is 2.04. The summed E-state index contributed by atoms with van der Waals surface area (Å²) in [6.45, 7) is 2.42. The maximum atomic E-state index is 13.1. The lowest BCUT2D eigenvalue weighted by Crippen LogP contribution is -2.40. The number of ether oxygens (including phenoxy) is 2. The van der Waals surface area contributed by atoms with Crippen molar-refractivity contribution in [2.24, 2.45) is 5.10 Å². The van der Waals surface area contributed by atoms with Crippen LogP contribution < -0.4 is 9.93 Å². The van der Waals surface area contributed by atoms with Gasteiger partial charge in [0.05, 0.1) is 26.5 Å². The Bertz CT molecular complexity index is 542. The zero-order valence-corrected chi connectivity index (χ0v) is 14.1. The molecule has 22 heavy (non-hydrogen) atoms. The van der Waals surface area contributed by atoms with Gasteiger partial charge in [0.25, 0.3) is 0 Å². The Hall–Kier alpha value is -1.40. The van der Waals surface area contributed by atoms with Gasteiger partial charge in [0, 0.05) is 13.1 Å². The number of methoxy groups -OCH3 is 1. The Labute approximate surface area is 131 Å². The van der Waals surface area contributed by atoms with E-state index >= 15 is 0 Å². The van der Waals surface area contributed by atoms with Gasteiger partial charge in [-0.3, -0.25) is 4.57 Å². The molecule has 0 bridgehead atoms. The number of hydrazone groups is 1. The van der Waals surface area contributed by atoms with Crippen LogP contribution in [0.15, 0.2) is 29.4 Å². The summed E-state index contributed by atoms with van der Waals surface area (Å²) in [6, 6.07) is 7.49. The van der Waals surface area contributed by atoms with Crippen LogP contribution in [0.3, 0.4) is 0 Å². The fourth-order valence-electron chi connectivity index (χ4n) is 2.10. The van der Waals surface area contributed by atoms with Crippen molar-refractivity contribution in [1.29, 1.82) is 0 Å². The van der Waals surface area contributed by atoms with Gasteiger partial charge in [-0.1, -0.05) is 0 Å². The van der Waals surface area contributed by atoms with E-state index in [1.807, 2.05) is 28.9 Å². The van der Waals surface area contributed by atoms with E-state index in [1.165, 1.54) is 0 Å². The Kier molecular flexibility index (Phi) is 5.97. The minimum Gasteiger partial charge on any atom is -0.497 e. The van der Waals surface area contributed by atoms with Crippen LogP contribution in [-0.2, 0) is 9.30 Å². The van der Waals surface area contributed by atoms with Crippen molar-refractivity contribution < 1.29 is 14.0 Å². The Morgan fingerprint density at radius 3 is 2.50 bits per heavy atom. The van der Waals surface area contributed by atoms with Crippen LogP contribution in [0.4, 0.5) is 0 Å². The number of hydrogen-bond acceptors (Lipinski definition) is 4. The van der Waals surface area contributed by atoms with E-state index in [2.05, 4.69) is 10.3 Å². The van der Waals surface area contributed by atoms with Gasteiger partial charge in [-0.05, 0) is 43.9 Å². The number of hydrogen-bond donors (Lipinski definition) is 1. The van der Waals surface area contributed by atoms with Crippen molar-refractivity contribution in [2.45, 2.75) is 0 Å². The lowest BCUT2D eigenvalue weighted by molar-refractivity contribution is 0.0688. The minimum atomic E-state index is -2.90. The molecule has 0 spiro atoms. The molecular formula is C14H23N4O3P. The summed E-state index contributed by atoms with van der Waals surface area (Å²) in [6.07, 6.45) is 1.65. The van der Waals surface area contributed by atoms with E-state index in [0.29, 0.717) is 26.3 Å². The molecule has 0 amide bonds. The molecular weight excluding hydrogens is 303 g/mol. The third kappa shape index (κ3) is 4.08. The predicted octanol–water partition coefficient (Wildman–Crippen LogP) is 1.62. The first-order valence-electron chi connectivity index (χ1n) is 7.11. The molecule has 1 saturated heterocycles. The van der Waals surface area contributed by atoms with Gasteiger partial charge in [0.2, 0.25) is 0 Å². The number of benzene rings is 1. The van der Waals surface area contributed by atoms with E-state index in [9.17, 15) is 4.57 Å². The highest BCUT2D eigenvalue weighted by Gasteiger charge is 2.34. The van der Waals surface area contributed by atoms with Gasteiger partial charge >= 0.3 is 7.59 Å². The highest BCUT2D eigenvalue weighted by atomic mass is 31.2. The topological polar surface area (TPSA) is 66.4 Å². The van der Waals surface area contributed by atoms with Crippen LogP contribution >= 0.6 is 7.59 Å². The molecule has 1 aromatic carbocycles. The largest absolute Gasteiger partial charge is 0.497 e. The Morgan fingerprint density at radius 1 is 1.32 bits per heavy atom. The van der Waals surface area contributed by atoms with Crippen molar-refractivity contribution in [2.75, 3.05) is 47.5 Å². The summed E-state index contributed by atoms with van der Waals surface area (Å²) in [4.78, 5) is 0. The van der Waals surface area contributed by atoms with Gasteiger partial charge in [0.1, 0.15) is 5.75 Å². The molecule has 1 aromatic rings. The van der Waals surface area contributed by atoms with Crippen LogP contribution in [0.1, 0.15) is 5.56 Å². The fraction of sp³-hybridized carbons (Fsp3) is 0.500. The van der Waals surface area contributed by atoms with Gasteiger partial charge in [-0.15, -0.1) is 0 Å². The first-order chi connectivity index (χ1) is 10.6. The molecule has 122 valence electrons. The zero-order valence-electron chi connectivity index (χ0n) is 13.2. The first kappa shape index (κ1) is 17.0. The van der Waals surface area contributed by atoms with Crippen LogP contribution in [0.5, 0.6) is 5.75 Å². The monoisotopic (exact) mass is 326 g/mol. The molecule has 1 aliphatic heterocycles. The highest BCUT2D eigenvalue weighted by Crippen LogP contribution is 2.47. The third-order valence-corrected chi connectivity index (χ3v) is 6.06. The first-order valence-corrected chi connectivity index (χ1v) is 8.73. The molecule has 0 aromatic heterocycles. The van der Waals surface area contributed by atoms with E-state index in [4.69, 9.17) is 9.47 Å². The zero-order chi connectivity index (χ0) is 16.0. The average Bonchev–Trinajstić information content (AvgIpc) is 2.56. The molecule has 0 saturated carbocycles. The van der Waals surface area contributed by atoms with E-state index < -0.39 is 7.59 Å².